The number of carbonyl (C=O) groups is 1. The van der Waals surface area contributed by atoms with Gasteiger partial charge in [0, 0.05) is 13.6 Å². The van der Waals surface area contributed by atoms with Gasteiger partial charge in [-0.15, -0.1) is 0 Å². The van der Waals surface area contributed by atoms with Crippen molar-refractivity contribution in [1.82, 2.24) is 0 Å². The highest BCUT2D eigenvalue weighted by Crippen LogP contribution is 2.17. The SMILES string of the molecule is O=C(O)CCc1cc(I)ccc1I. The fourth-order valence-electron chi connectivity index (χ4n) is 0.976. The van der Waals surface area contributed by atoms with Crippen LogP contribution in [0.3, 0.4) is 0 Å². The van der Waals surface area contributed by atoms with E-state index in [1.165, 1.54) is 0 Å². The molecular formula is C9H8I2O2. The molecular weight excluding hydrogens is 394 g/mol. The summed E-state index contributed by atoms with van der Waals surface area (Å²) in [6.45, 7) is 0. The fraction of sp³-hybridized carbons (Fsp3) is 0.222. The normalized spacial score (nSPS) is 10.0. The van der Waals surface area contributed by atoms with Crippen molar-refractivity contribution in [2.75, 3.05) is 0 Å². The minimum atomic E-state index is -0.741. The van der Waals surface area contributed by atoms with Crippen molar-refractivity contribution in [3.63, 3.8) is 0 Å². The van der Waals surface area contributed by atoms with Gasteiger partial charge in [-0.1, -0.05) is 0 Å². The van der Waals surface area contributed by atoms with Crippen molar-refractivity contribution in [2.45, 2.75) is 12.8 Å². The first-order valence-corrected chi connectivity index (χ1v) is 5.91. The van der Waals surface area contributed by atoms with E-state index in [9.17, 15) is 4.79 Å². The van der Waals surface area contributed by atoms with Crippen LogP contribution < -0.4 is 0 Å². The van der Waals surface area contributed by atoms with Gasteiger partial charge in [0.05, 0.1) is 0 Å². The van der Waals surface area contributed by atoms with Crippen LogP contribution in [-0.4, -0.2) is 11.1 Å². The van der Waals surface area contributed by atoms with Crippen LogP contribution in [0, 0.1) is 7.14 Å². The minimum Gasteiger partial charge on any atom is -0.481 e. The molecule has 0 aliphatic heterocycles. The van der Waals surface area contributed by atoms with E-state index in [0.717, 1.165) is 12.7 Å². The summed E-state index contributed by atoms with van der Waals surface area (Å²) in [6, 6.07) is 6.07. The number of benzene rings is 1. The molecule has 0 aromatic heterocycles. The molecule has 0 aliphatic carbocycles. The predicted molar refractivity (Wildman–Crippen MR) is 67.8 cm³/mol. The molecule has 0 atom stereocenters. The second kappa shape index (κ2) is 5.14. The van der Waals surface area contributed by atoms with E-state index in [4.69, 9.17) is 5.11 Å². The number of hydrogen-bond donors (Lipinski definition) is 1. The molecule has 1 aromatic carbocycles. The average molecular weight is 402 g/mol. The molecule has 0 saturated carbocycles. The summed E-state index contributed by atoms with van der Waals surface area (Å²) in [5.74, 6) is -0.741. The number of carboxylic acid groups (broad SMARTS) is 1. The lowest BCUT2D eigenvalue weighted by atomic mass is 10.1. The fourth-order valence-corrected chi connectivity index (χ4v) is 2.14. The Kier molecular flexibility index (Phi) is 4.43. The Hall–Kier alpha value is 0.150. The Morgan fingerprint density at radius 2 is 2.08 bits per heavy atom. The quantitative estimate of drug-likeness (QED) is 0.791. The molecule has 0 unspecified atom stereocenters. The first kappa shape index (κ1) is 11.2. The number of halogens is 2. The van der Waals surface area contributed by atoms with Gasteiger partial charge in [0.15, 0.2) is 0 Å². The van der Waals surface area contributed by atoms with Crippen molar-refractivity contribution in [3.8, 4) is 0 Å². The van der Waals surface area contributed by atoms with Gasteiger partial charge in [0.25, 0.3) is 0 Å². The molecule has 0 heterocycles. The number of hydrogen-bond acceptors (Lipinski definition) is 1. The molecule has 0 aliphatic rings. The van der Waals surface area contributed by atoms with Crippen LogP contribution in [0.4, 0.5) is 0 Å². The number of aliphatic carboxylic acids is 1. The molecule has 4 heteroatoms. The molecule has 2 nitrogen and oxygen atoms in total. The van der Waals surface area contributed by atoms with Gasteiger partial charge in [-0.3, -0.25) is 4.79 Å². The third-order valence-corrected chi connectivity index (χ3v) is 3.34. The summed E-state index contributed by atoms with van der Waals surface area (Å²) in [6.07, 6.45) is 0.820. The molecule has 1 rings (SSSR count). The third kappa shape index (κ3) is 3.80. The minimum absolute atomic E-state index is 0.204. The van der Waals surface area contributed by atoms with Crippen LogP contribution in [0.1, 0.15) is 12.0 Å². The highest BCUT2D eigenvalue weighted by atomic mass is 127. The lowest BCUT2D eigenvalue weighted by Gasteiger charge is -2.02. The zero-order valence-corrected chi connectivity index (χ0v) is 11.1. The molecule has 70 valence electrons. The summed E-state index contributed by atoms with van der Waals surface area (Å²) < 4.78 is 2.29. The number of aryl methyl sites for hydroxylation is 1. The van der Waals surface area contributed by atoms with E-state index in [1.807, 2.05) is 18.2 Å². The highest BCUT2D eigenvalue weighted by Gasteiger charge is 2.03. The first-order chi connectivity index (χ1) is 6.09. The summed E-state index contributed by atoms with van der Waals surface area (Å²) in [7, 11) is 0. The summed E-state index contributed by atoms with van der Waals surface area (Å²) >= 11 is 4.46. The van der Waals surface area contributed by atoms with E-state index in [0.29, 0.717) is 6.42 Å². The van der Waals surface area contributed by atoms with Crippen molar-refractivity contribution < 1.29 is 9.90 Å². The zero-order chi connectivity index (χ0) is 9.84. The van der Waals surface area contributed by atoms with Crippen molar-refractivity contribution >= 4 is 51.2 Å². The Morgan fingerprint density at radius 1 is 1.38 bits per heavy atom. The first-order valence-electron chi connectivity index (χ1n) is 3.75. The largest absolute Gasteiger partial charge is 0.481 e. The summed E-state index contributed by atoms with van der Waals surface area (Å²) in [5, 5.41) is 8.53. The van der Waals surface area contributed by atoms with Gasteiger partial charge in [-0.05, 0) is 75.4 Å². The molecule has 1 aromatic rings. The average Bonchev–Trinajstić information content (AvgIpc) is 2.06. The van der Waals surface area contributed by atoms with Gasteiger partial charge in [0.1, 0.15) is 0 Å². The van der Waals surface area contributed by atoms with E-state index in [2.05, 4.69) is 45.2 Å². The van der Waals surface area contributed by atoms with Crippen LogP contribution in [-0.2, 0) is 11.2 Å². The smallest absolute Gasteiger partial charge is 0.303 e. The molecule has 0 radical (unpaired) electrons. The Balaban J connectivity index is 2.75. The highest BCUT2D eigenvalue weighted by molar-refractivity contribution is 14.1. The standard InChI is InChI=1S/C9H8I2O2/c10-7-2-3-8(11)6(5-7)1-4-9(12)13/h2-3,5H,1,4H2,(H,12,13). The molecule has 13 heavy (non-hydrogen) atoms. The van der Waals surface area contributed by atoms with Gasteiger partial charge in [-0.25, -0.2) is 0 Å². The Labute approximate surface area is 104 Å². The number of rotatable bonds is 3. The zero-order valence-electron chi connectivity index (χ0n) is 6.76. The van der Waals surface area contributed by atoms with Gasteiger partial charge < -0.3 is 5.11 Å². The third-order valence-electron chi connectivity index (χ3n) is 1.62. The van der Waals surface area contributed by atoms with Crippen LogP contribution in [0.25, 0.3) is 0 Å². The van der Waals surface area contributed by atoms with Crippen LogP contribution in [0.15, 0.2) is 18.2 Å². The molecule has 0 amide bonds. The maximum Gasteiger partial charge on any atom is 0.303 e. The van der Waals surface area contributed by atoms with Crippen molar-refractivity contribution in [1.29, 1.82) is 0 Å². The van der Waals surface area contributed by atoms with Crippen molar-refractivity contribution in [3.05, 3.63) is 30.9 Å². The molecule has 0 fully saturated rings. The molecule has 0 saturated heterocycles. The molecule has 0 bridgehead atoms. The maximum absolute atomic E-state index is 10.4. The van der Waals surface area contributed by atoms with Gasteiger partial charge >= 0.3 is 5.97 Å². The monoisotopic (exact) mass is 402 g/mol. The second-order valence-electron chi connectivity index (χ2n) is 2.63. The summed E-state index contributed by atoms with van der Waals surface area (Å²) in [4.78, 5) is 10.4. The van der Waals surface area contributed by atoms with E-state index in [1.54, 1.807) is 0 Å². The van der Waals surface area contributed by atoms with Crippen LogP contribution in [0.2, 0.25) is 0 Å². The predicted octanol–water partition coefficient (Wildman–Crippen LogP) is 2.91. The molecule has 1 N–H and O–H groups in total. The van der Waals surface area contributed by atoms with Gasteiger partial charge in [-0.2, -0.15) is 0 Å². The maximum atomic E-state index is 10.4. The van der Waals surface area contributed by atoms with E-state index in [-0.39, 0.29) is 6.42 Å². The topological polar surface area (TPSA) is 37.3 Å². The van der Waals surface area contributed by atoms with Crippen molar-refractivity contribution in [2.24, 2.45) is 0 Å². The van der Waals surface area contributed by atoms with Crippen LogP contribution in [0.5, 0.6) is 0 Å². The second-order valence-corrected chi connectivity index (χ2v) is 5.04. The lowest BCUT2D eigenvalue weighted by molar-refractivity contribution is -0.136. The Morgan fingerprint density at radius 3 is 2.69 bits per heavy atom. The van der Waals surface area contributed by atoms with Gasteiger partial charge in [0.2, 0.25) is 0 Å². The lowest BCUT2D eigenvalue weighted by Crippen LogP contribution is -1.99. The molecule has 0 spiro atoms. The number of carboxylic acids is 1. The van der Waals surface area contributed by atoms with E-state index >= 15 is 0 Å². The van der Waals surface area contributed by atoms with E-state index < -0.39 is 5.97 Å². The van der Waals surface area contributed by atoms with Crippen LogP contribution >= 0.6 is 45.2 Å². The Bertz CT molecular complexity index is 323. The summed E-state index contributed by atoms with van der Waals surface area (Å²) in [5.41, 5.74) is 1.12.